The summed E-state index contributed by atoms with van der Waals surface area (Å²) in [7, 11) is 0. The molecule has 1 fully saturated rings. The van der Waals surface area contributed by atoms with Crippen LogP contribution < -0.4 is 10.5 Å². The second-order valence-electron chi connectivity index (χ2n) is 7.08. The number of nitrogens with zero attached hydrogens (tertiary/aromatic N) is 1. The third-order valence-corrected chi connectivity index (χ3v) is 5.18. The van der Waals surface area contributed by atoms with Crippen molar-refractivity contribution < 1.29 is 9.53 Å². The first kappa shape index (κ1) is 19.8. The van der Waals surface area contributed by atoms with Crippen LogP contribution in [0, 0.1) is 5.41 Å². The number of hydrogen-bond acceptors (Lipinski definition) is 3. The summed E-state index contributed by atoms with van der Waals surface area (Å²) in [6.07, 6.45) is 0.822. The number of hydrogen-bond donors (Lipinski definition) is 1. The minimum Gasteiger partial charge on any atom is -0.483 e. The highest BCUT2D eigenvalue weighted by molar-refractivity contribution is 6.35. The minimum absolute atomic E-state index is 0. The third-order valence-electron chi connectivity index (χ3n) is 4.85. The summed E-state index contributed by atoms with van der Waals surface area (Å²) in [5, 5.41) is 2.52. The number of ether oxygens (including phenoxy) is 1. The van der Waals surface area contributed by atoms with E-state index in [-0.39, 0.29) is 36.4 Å². The van der Waals surface area contributed by atoms with Crippen molar-refractivity contribution in [3.05, 3.63) is 41.4 Å². The fourth-order valence-corrected chi connectivity index (χ4v) is 3.41. The lowest BCUT2D eigenvalue weighted by molar-refractivity contribution is -0.136. The Bertz CT molecular complexity index is 764. The molecule has 4 nitrogen and oxygen atoms in total. The maximum atomic E-state index is 12.5. The summed E-state index contributed by atoms with van der Waals surface area (Å²) in [5.74, 6) is 0.672. The standard InChI is InChI=1S/C19H23ClN2O2.ClH/c1-19(2)12-22(10-9-17(19)21)18(23)11-24-16-8-7-15(20)13-5-3-4-6-14(13)16;/h3-8,17H,9-12,21H2,1-2H3;1H. The zero-order valence-corrected chi connectivity index (χ0v) is 16.1. The first-order valence-electron chi connectivity index (χ1n) is 8.22. The van der Waals surface area contributed by atoms with Gasteiger partial charge in [0, 0.05) is 34.9 Å². The smallest absolute Gasteiger partial charge is 0.260 e. The van der Waals surface area contributed by atoms with Gasteiger partial charge in [-0.15, -0.1) is 12.4 Å². The number of fused-ring (bicyclic) bond motifs is 1. The predicted molar refractivity (Wildman–Crippen MR) is 105 cm³/mol. The molecule has 6 heteroatoms. The number of amides is 1. The van der Waals surface area contributed by atoms with Gasteiger partial charge in [-0.3, -0.25) is 4.79 Å². The molecule has 1 amide bonds. The molecule has 0 aliphatic carbocycles. The summed E-state index contributed by atoms with van der Waals surface area (Å²) in [4.78, 5) is 14.4. The molecule has 2 aromatic rings. The summed E-state index contributed by atoms with van der Waals surface area (Å²) < 4.78 is 5.80. The SMILES string of the molecule is CC1(C)CN(C(=O)COc2ccc(Cl)c3ccccc23)CCC1N.Cl. The quantitative estimate of drug-likeness (QED) is 0.875. The molecule has 3 rings (SSSR count). The Morgan fingerprint density at radius 3 is 2.64 bits per heavy atom. The van der Waals surface area contributed by atoms with E-state index in [2.05, 4.69) is 13.8 Å². The van der Waals surface area contributed by atoms with Crippen LogP contribution >= 0.6 is 24.0 Å². The minimum atomic E-state index is -0.0686. The molecule has 0 aromatic heterocycles. The molecule has 0 spiro atoms. The lowest BCUT2D eigenvalue weighted by Crippen LogP contribution is -2.54. The van der Waals surface area contributed by atoms with Crippen molar-refractivity contribution in [1.82, 2.24) is 4.90 Å². The molecule has 0 bridgehead atoms. The zero-order chi connectivity index (χ0) is 17.3. The molecule has 0 saturated carbocycles. The van der Waals surface area contributed by atoms with E-state index >= 15 is 0 Å². The molecule has 0 radical (unpaired) electrons. The van der Waals surface area contributed by atoms with E-state index in [1.807, 2.05) is 35.2 Å². The Morgan fingerprint density at radius 1 is 1.28 bits per heavy atom. The lowest BCUT2D eigenvalue weighted by atomic mass is 9.80. The Kier molecular flexibility index (Phi) is 6.20. The zero-order valence-electron chi connectivity index (χ0n) is 14.5. The number of benzene rings is 2. The third kappa shape index (κ3) is 4.20. The molecule has 1 unspecified atom stereocenters. The van der Waals surface area contributed by atoms with Gasteiger partial charge in [0.1, 0.15) is 5.75 Å². The molecule has 2 aromatic carbocycles. The van der Waals surface area contributed by atoms with Crippen molar-refractivity contribution in [2.75, 3.05) is 19.7 Å². The van der Waals surface area contributed by atoms with Gasteiger partial charge in [0.25, 0.3) is 5.91 Å². The molecule has 1 atom stereocenters. The summed E-state index contributed by atoms with van der Waals surface area (Å²) in [5.41, 5.74) is 6.07. The van der Waals surface area contributed by atoms with Gasteiger partial charge in [-0.1, -0.05) is 49.7 Å². The average Bonchev–Trinajstić information content (AvgIpc) is 2.56. The van der Waals surface area contributed by atoms with Gasteiger partial charge in [-0.2, -0.15) is 0 Å². The number of carbonyl (C=O) groups excluding carboxylic acids is 1. The lowest BCUT2D eigenvalue weighted by Gasteiger charge is -2.42. The van der Waals surface area contributed by atoms with Crippen molar-refractivity contribution in [2.24, 2.45) is 11.1 Å². The number of halogens is 2. The van der Waals surface area contributed by atoms with E-state index in [1.165, 1.54) is 0 Å². The van der Waals surface area contributed by atoms with Gasteiger partial charge in [-0.05, 0) is 24.0 Å². The summed E-state index contributed by atoms with van der Waals surface area (Å²) >= 11 is 6.22. The molecule has 25 heavy (non-hydrogen) atoms. The molecule has 2 N–H and O–H groups in total. The van der Waals surface area contributed by atoms with E-state index in [9.17, 15) is 4.79 Å². The van der Waals surface area contributed by atoms with E-state index < -0.39 is 0 Å². The van der Waals surface area contributed by atoms with Crippen molar-refractivity contribution in [1.29, 1.82) is 0 Å². The fourth-order valence-electron chi connectivity index (χ4n) is 3.18. The average molecular weight is 383 g/mol. The second-order valence-corrected chi connectivity index (χ2v) is 7.49. The van der Waals surface area contributed by atoms with Crippen LogP contribution in [0.5, 0.6) is 5.75 Å². The number of nitrogens with two attached hydrogens (primary N) is 1. The van der Waals surface area contributed by atoms with Crippen LogP contribution in [0.25, 0.3) is 10.8 Å². The first-order chi connectivity index (χ1) is 11.4. The van der Waals surface area contributed by atoms with Gasteiger partial charge in [0.2, 0.25) is 0 Å². The number of carbonyl (C=O) groups is 1. The molecule has 1 saturated heterocycles. The van der Waals surface area contributed by atoms with E-state index in [0.29, 0.717) is 23.9 Å². The van der Waals surface area contributed by atoms with Gasteiger partial charge >= 0.3 is 0 Å². The molecule has 136 valence electrons. The van der Waals surface area contributed by atoms with Crippen LogP contribution in [0.3, 0.4) is 0 Å². The van der Waals surface area contributed by atoms with Crippen LogP contribution in [0.4, 0.5) is 0 Å². The monoisotopic (exact) mass is 382 g/mol. The first-order valence-corrected chi connectivity index (χ1v) is 8.60. The Hall–Kier alpha value is -1.49. The van der Waals surface area contributed by atoms with Gasteiger partial charge in [0.05, 0.1) is 0 Å². The number of piperidine rings is 1. The molecular formula is C19H24Cl2N2O2. The normalized spacial score (nSPS) is 19.4. The highest BCUT2D eigenvalue weighted by Crippen LogP contribution is 2.31. The van der Waals surface area contributed by atoms with Crippen LogP contribution in [0.2, 0.25) is 5.02 Å². The largest absolute Gasteiger partial charge is 0.483 e. The Morgan fingerprint density at radius 2 is 1.96 bits per heavy atom. The molecule has 1 aliphatic heterocycles. The number of likely N-dealkylation sites (tertiary alicyclic amines) is 1. The predicted octanol–water partition coefficient (Wildman–Crippen LogP) is 3.88. The second kappa shape index (κ2) is 7.81. The Labute approximate surface area is 159 Å². The molecular weight excluding hydrogens is 359 g/mol. The highest BCUT2D eigenvalue weighted by atomic mass is 35.5. The summed E-state index contributed by atoms with van der Waals surface area (Å²) in [6, 6.07) is 11.5. The van der Waals surface area contributed by atoms with Crippen molar-refractivity contribution in [2.45, 2.75) is 26.3 Å². The van der Waals surface area contributed by atoms with Crippen LogP contribution in [-0.2, 0) is 4.79 Å². The van der Waals surface area contributed by atoms with Crippen LogP contribution in [-0.4, -0.2) is 36.5 Å². The fraction of sp³-hybridized carbons (Fsp3) is 0.421. The van der Waals surface area contributed by atoms with Crippen molar-refractivity contribution in [3.63, 3.8) is 0 Å². The Balaban J connectivity index is 0.00000225. The number of rotatable bonds is 3. The highest BCUT2D eigenvalue weighted by Gasteiger charge is 2.35. The van der Waals surface area contributed by atoms with Crippen LogP contribution in [0.15, 0.2) is 36.4 Å². The van der Waals surface area contributed by atoms with Gasteiger partial charge in [-0.25, -0.2) is 0 Å². The topological polar surface area (TPSA) is 55.6 Å². The summed E-state index contributed by atoms with van der Waals surface area (Å²) in [6.45, 7) is 5.58. The van der Waals surface area contributed by atoms with Gasteiger partial charge in [0.15, 0.2) is 6.61 Å². The van der Waals surface area contributed by atoms with Crippen molar-refractivity contribution in [3.8, 4) is 5.75 Å². The molecule has 1 heterocycles. The van der Waals surface area contributed by atoms with E-state index in [0.717, 1.165) is 17.2 Å². The molecule has 1 aliphatic rings. The van der Waals surface area contributed by atoms with E-state index in [4.69, 9.17) is 22.1 Å². The van der Waals surface area contributed by atoms with E-state index in [1.54, 1.807) is 6.07 Å². The van der Waals surface area contributed by atoms with Gasteiger partial charge < -0.3 is 15.4 Å². The van der Waals surface area contributed by atoms with Crippen LogP contribution in [0.1, 0.15) is 20.3 Å². The maximum Gasteiger partial charge on any atom is 0.260 e. The maximum absolute atomic E-state index is 12.5. The van der Waals surface area contributed by atoms with Crippen molar-refractivity contribution >= 4 is 40.7 Å².